The fourth-order valence-corrected chi connectivity index (χ4v) is 4.35. The van der Waals surface area contributed by atoms with E-state index in [1.54, 1.807) is 11.8 Å². The SMILES string of the molecule is NC1(c2noc(CSC(c3ccccc3)c3ccc(Cl)cc3)n2)CCC1. The molecule has 0 aliphatic heterocycles. The monoisotopic (exact) mass is 385 g/mol. The number of aromatic nitrogens is 2. The van der Waals surface area contributed by atoms with Gasteiger partial charge in [0, 0.05) is 5.02 Å². The average molecular weight is 386 g/mol. The van der Waals surface area contributed by atoms with E-state index in [9.17, 15) is 0 Å². The standard InChI is InChI=1S/C20H20ClN3OS/c21-16-9-7-15(8-10-16)18(14-5-2-1-3-6-14)26-13-17-23-19(24-25-17)20(22)11-4-12-20/h1-3,5-10,18H,4,11-13,22H2. The topological polar surface area (TPSA) is 64.9 Å². The van der Waals surface area contributed by atoms with Gasteiger partial charge in [-0.25, -0.2) is 0 Å². The number of hydrogen-bond donors (Lipinski definition) is 1. The van der Waals surface area contributed by atoms with Crippen LogP contribution < -0.4 is 5.73 Å². The molecule has 2 N–H and O–H groups in total. The maximum absolute atomic E-state index is 6.29. The minimum atomic E-state index is -0.387. The first-order valence-electron chi connectivity index (χ1n) is 8.68. The van der Waals surface area contributed by atoms with Gasteiger partial charge in [-0.3, -0.25) is 0 Å². The molecule has 1 atom stereocenters. The highest BCUT2D eigenvalue weighted by molar-refractivity contribution is 7.98. The molecule has 1 unspecified atom stereocenters. The maximum Gasteiger partial charge on any atom is 0.236 e. The Kier molecular flexibility index (Phi) is 5.02. The largest absolute Gasteiger partial charge is 0.338 e. The Morgan fingerprint density at radius 1 is 1.08 bits per heavy atom. The lowest BCUT2D eigenvalue weighted by Crippen LogP contribution is -2.44. The zero-order valence-electron chi connectivity index (χ0n) is 14.3. The predicted molar refractivity (Wildman–Crippen MR) is 105 cm³/mol. The molecule has 0 bridgehead atoms. The van der Waals surface area contributed by atoms with Crippen molar-refractivity contribution in [1.29, 1.82) is 0 Å². The van der Waals surface area contributed by atoms with E-state index in [-0.39, 0.29) is 10.8 Å². The molecule has 3 aromatic rings. The summed E-state index contributed by atoms with van der Waals surface area (Å²) in [4.78, 5) is 4.53. The van der Waals surface area contributed by atoms with Crippen molar-refractivity contribution in [3.8, 4) is 0 Å². The zero-order chi connectivity index (χ0) is 18.0. The highest BCUT2D eigenvalue weighted by atomic mass is 35.5. The molecule has 1 saturated carbocycles. The van der Waals surface area contributed by atoms with Gasteiger partial charge in [0.15, 0.2) is 5.82 Å². The van der Waals surface area contributed by atoms with E-state index in [0.717, 1.165) is 24.3 Å². The van der Waals surface area contributed by atoms with E-state index in [0.29, 0.717) is 17.5 Å². The number of hydrogen-bond acceptors (Lipinski definition) is 5. The van der Waals surface area contributed by atoms with Gasteiger partial charge in [0.2, 0.25) is 5.89 Å². The number of thioether (sulfide) groups is 1. The van der Waals surface area contributed by atoms with Crippen LogP contribution in [0.25, 0.3) is 0 Å². The molecular weight excluding hydrogens is 366 g/mol. The number of nitrogens with two attached hydrogens (primary N) is 1. The summed E-state index contributed by atoms with van der Waals surface area (Å²) in [6.45, 7) is 0. The second-order valence-corrected chi connectivity index (χ2v) is 8.20. The normalized spacial score (nSPS) is 16.8. The van der Waals surface area contributed by atoms with Crippen LogP contribution in [0.15, 0.2) is 59.1 Å². The molecule has 134 valence electrons. The van der Waals surface area contributed by atoms with E-state index in [1.807, 2.05) is 18.2 Å². The lowest BCUT2D eigenvalue weighted by atomic mass is 9.77. The Hall–Kier alpha value is -1.82. The van der Waals surface area contributed by atoms with Crippen LogP contribution in [0, 0.1) is 0 Å². The van der Waals surface area contributed by atoms with Gasteiger partial charge >= 0.3 is 0 Å². The Labute approximate surface area is 162 Å². The molecule has 0 amide bonds. The third-order valence-electron chi connectivity index (χ3n) is 4.81. The second-order valence-electron chi connectivity index (χ2n) is 6.67. The summed E-state index contributed by atoms with van der Waals surface area (Å²) in [7, 11) is 0. The summed E-state index contributed by atoms with van der Waals surface area (Å²) in [6, 6.07) is 18.4. The zero-order valence-corrected chi connectivity index (χ0v) is 15.8. The van der Waals surface area contributed by atoms with Crippen LogP contribution in [-0.2, 0) is 11.3 Å². The maximum atomic E-state index is 6.29. The quantitative estimate of drug-likeness (QED) is 0.640. The van der Waals surface area contributed by atoms with Crippen molar-refractivity contribution in [2.75, 3.05) is 0 Å². The first kappa shape index (κ1) is 17.6. The van der Waals surface area contributed by atoms with Crippen LogP contribution in [0.3, 0.4) is 0 Å². The van der Waals surface area contributed by atoms with Crippen LogP contribution >= 0.6 is 23.4 Å². The van der Waals surface area contributed by atoms with Crippen LogP contribution in [0.4, 0.5) is 0 Å². The first-order valence-corrected chi connectivity index (χ1v) is 10.1. The molecule has 1 aliphatic rings. The van der Waals surface area contributed by atoms with E-state index >= 15 is 0 Å². The van der Waals surface area contributed by atoms with E-state index < -0.39 is 0 Å². The number of nitrogens with zero attached hydrogens (tertiary/aromatic N) is 2. The molecule has 0 spiro atoms. The predicted octanol–water partition coefficient (Wildman–Crippen LogP) is 5.08. The lowest BCUT2D eigenvalue weighted by molar-refractivity contribution is 0.229. The molecule has 0 radical (unpaired) electrons. The Balaban J connectivity index is 1.53. The number of halogens is 1. The van der Waals surface area contributed by atoms with Crippen LogP contribution in [0.2, 0.25) is 5.02 Å². The Morgan fingerprint density at radius 2 is 1.77 bits per heavy atom. The Morgan fingerprint density at radius 3 is 2.42 bits per heavy atom. The van der Waals surface area contributed by atoms with Crippen molar-refractivity contribution in [2.24, 2.45) is 5.73 Å². The number of benzene rings is 2. The molecule has 1 aliphatic carbocycles. The minimum Gasteiger partial charge on any atom is -0.338 e. The molecule has 6 heteroatoms. The van der Waals surface area contributed by atoms with Gasteiger partial charge in [-0.05, 0) is 42.5 Å². The van der Waals surface area contributed by atoms with Gasteiger partial charge in [-0.15, -0.1) is 11.8 Å². The summed E-state index contributed by atoms with van der Waals surface area (Å²) in [5.74, 6) is 1.89. The Bertz CT molecular complexity index is 862. The summed E-state index contributed by atoms with van der Waals surface area (Å²) in [5, 5.41) is 5.01. The lowest BCUT2D eigenvalue weighted by Gasteiger charge is -2.34. The molecule has 4 nitrogen and oxygen atoms in total. The molecule has 4 rings (SSSR count). The van der Waals surface area contributed by atoms with Gasteiger partial charge in [-0.1, -0.05) is 59.2 Å². The van der Waals surface area contributed by atoms with Crippen molar-refractivity contribution in [3.63, 3.8) is 0 Å². The summed E-state index contributed by atoms with van der Waals surface area (Å²) < 4.78 is 5.44. The van der Waals surface area contributed by atoms with Crippen LogP contribution in [-0.4, -0.2) is 10.1 Å². The third kappa shape index (κ3) is 3.65. The molecule has 0 saturated heterocycles. The van der Waals surface area contributed by atoms with E-state index in [1.165, 1.54) is 11.1 Å². The second kappa shape index (κ2) is 7.43. The van der Waals surface area contributed by atoms with Gasteiger partial charge < -0.3 is 10.3 Å². The number of rotatable bonds is 6. The highest BCUT2D eigenvalue weighted by Crippen LogP contribution is 2.39. The fourth-order valence-electron chi connectivity index (χ4n) is 3.10. The van der Waals surface area contributed by atoms with Crippen molar-refractivity contribution >= 4 is 23.4 Å². The molecule has 1 fully saturated rings. The minimum absolute atomic E-state index is 0.166. The summed E-state index contributed by atoms with van der Waals surface area (Å²) in [5.41, 5.74) is 8.32. The van der Waals surface area contributed by atoms with E-state index in [4.69, 9.17) is 21.9 Å². The van der Waals surface area contributed by atoms with Crippen molar-refractivity contribution in [1.82, 2.24) is 10.1 Å². The fraction of sp³-hybridized carbons (Fsp3) is 0.300. The average Bonchev–Trinajstić information content (AvgIpc) is 3.11. The third-order valence-corrected chi connectivity index (χ3v) is 6.35. The summed E-state index contributed by atoms with van der Waals surface area (Å²) >= 11 is 7.80. The van der Waals surface area contributed by atoms with Crippen molar-refractivity contribution < 1.29 is 4.52 Å². The smallest absolute Gasteiger partial charge is 0.236 e. The molecular formula is C20H20ClN3OS. The van der Waals surface area contributed by atoms with E-state index in [2.05, 4.69) is 46.5 Å². The van der Waals surface area contributed by atoms with Gasteiger partial charge in [0.25, 0.3) is 0 Å². The first-order chi connectivity index (χ1) is 12.6. The molecule has 2 aromatic carbocycles. The molecule has 1 aromatic heterocycles. The highest BCUT2D eigenvalue weighted by Gasteiger charge is 2.39. The summed E-state index contributed by atoms with van der Waals surface area (Å²) in [6.07, 6.45) is 2.98. The molecule has 1 heterocycles. The van der Waals surface area contributed by atoms with Crippen LogP contribution in [0.5, 0.6) is 0 Å². The molecule has 26 heavy (non-hydrogen) atoms. The van der Waals surface area contributed by atoms with Gasteiger partial charge in [0.05, 0.1) is 16.5 Å². The van der Waals surface area contributed by atoms with Gasteiger partial charge in [0.1, 0.15) is 0 Å². The van der Waals surface area contributed by atoms with Gasteiger partial charge in [-0.2, -0.15) is 4.98 Å². The van der Waals surface area contributed by atoms with Crippen LogP contribution in [0.1, 0.15) is 47.4 Å². The van der Waals surface area contributed by atoms with Crippen molar-refractivity contribution in [3.05, 3.63) is 82.5 Å². The van der Waals surface area contributed by atoms with Crippen molar-refractivity contribution in [2.45, 2.75) is 35.8 Å².